The maximum atomic E-state index is 12.0. The number of methoxy groups -OCH3 is 1. The molecule has 0 spiro atoms. The molecule has 2 aromatic carbocycles. The van der Waals surface area contributed by atoms with Gasteiger partial charge in [-0.15, -0.1) is 0 Å². The molecular weight excluding hydrogens is 306 g/mol. The minimum absolute atomic E-state index is 0.0755. The number of ether oxygens (including phenoxy) is 1. The fourth-order valence-electron chi connectivity index (χ4n) is 2.30. The van der Waals surface area contributed by atoms with Crippen LogP contribution < -0.4 is 10.1 Å². The van der Waals surface area contributed by atoms with Gasteiger partial charge >= 0.3 is 0 Å². The molecule has 0 saturated carbocycles. The second-order valence-corrected chi connectivity index (χ2v) is 5.38. The number of para-hydroxylation sites is 1. The predicted octanol–water partition coefficient (Wildman–Crippen LogP) is 2.72. The summed E-state index contributed by atoms with van der Waals surface area (Å²) in [6.45, 7) is 0.424. The Balaban J connectivity index is 1.72. The van der Waals surface area contributed by atoms with Crippen molar-refractivity contribution in [3.63, 3.8) is 0 Å². The number of aromatic hydroxyl groups is 1. The number of rotatable bonds is 8. The van der Waals surface area contributed by atoms with Gasteiger partial charge in [-0.05, 0) is 42.3 Å². The number of nitrogens with one attached hydrogen (secondary N) is 1. The van der Waals surface area contributed by atoms with E-state index in [0.29, 0.717) is 24.3 Å². The highest BCUT2D eigenvalue weighted by Gasteiger charge is 2.09. The normalized spacial score (nSPS) is 10.2. The Hall–Kier alpha value is -2.82. The number of benzene rings is 2. The van der Waals surface area contributed by atoms with Gasteiger partial charge in [0.2, 0.25) is 5.91 Å². The van der Waals surface area contributed by atoms with Crippen molar-refractivity contribution in [1.82, 2.24) is 5.32 Å². The zero-order valence-corrected chi connectivity index (χ0v) is 13.6. The number of hydrogen-bond donors (Lipinski definition) is 2. The van der Waals surface area contributed by atoms with Gasteiger partial charge in [0.15, 0.2) is 5.78 Å². The topological polar surface area (TPSA) is 75.6 Å². The van der Waals surface area contributed by atoms with Crippen molar-refractivity contribution in [2.45, 2.75) is 19.3 Å². The lowest BCUT2D eigenvalue weighted by Gasteiger charge is -2.07. The van der Waals surface area contributed by atoms with Gasteiger partial charge in [0, 0.05) is 24.9 Å². The van der Waals surface area contributed by atoms with Crippen LogP contribution in [0.15, 0.2) is 48.5 Å². The molecule has 0 aromatic heterocycles. The molecule has 0 heterocycles. The van der Waals surface area contributed by atoms with Crippen molar-refractivity contribution in [2.24, 2.45) is 0 Å². The monoisotopic (exact) mass is 327 g/mol. The van der Waals surface area contributed by atoms with E-state index in [9.17, 15) is 14.7 Å². The van der Waals surface area contributed by atoms with Crippen LogP contribution in [0.25, 0.3) is 0 Å². The maximum absolute atomic E-state index is 12.0. The quantitative estimate of drug-likeness (QED) is 0.731. The van der Waals surface area contributed by atoms with E-state index in [1.807, 2.05) is 12.1 Å². The molecule has 0 saturated heterocycles. The summed E-state index contributed by atoms with van der Waals surface area (Å²) in [5, 5.41) is 12.4. The van der Waals surface area contributed by atoms with Crippen LogP contribution in [0, 0.1) is 0 Å². The molecule has 0 radical (unpaired) electrons. The van der Waals surface area contributed by atoms with E-state index in [1.165, 1.54) is 0 Å². The van der Waals surface area contributed by atoms with Crippen LogP contribution in [0.5, 0.6) is 11.5 Å². The molecule has 5 nitrogen and oxygen atoms in total. The number of phenolic OH excluding ortho intramolecular Hbond substituents is 1. The second-order valence-electron chi connectivity index (χ2n) is 5.38. The van der Waals surface area contributed by atoms with Crippen molar-refractivity contribution in [1.29, 1.82) is 0 Å². The Morgan fingerprint density at radius 2 is 1.75 bits per heavy atom. The third-order valence-corrected chi connectivity index (χ3v) is 3.70. The lowest BCUT2D eigenvalue weighted by Crippen LogP contribution is -2.26. The van der Waals surface area contributed by atoms with Crippen LogP contribution in [-0.4, -0.2) is 30.5 Å². The van der Waals surface area contributed by atoms with E-state index in [4.69, 9.17) is 4.74 Å². The van der Waals surface area contributed by atoms with Crippen molar-refractivity contribution in [3.8, 4) is 11.5 Å². The summed E-state index contributed by atoms with van der Waals surface area (Å²) in [7, 11) is 1.57. The largest absolute Gasteiger partial charge is 0.508 e. The average molecular weight is 327 g/mol. The highest BCUT2D eigenvalue weighted by atomic mass is 16.5. The van der Waals surface area contributed by atoms with E-state index < -0.39 is 0 Å². The number of carbonyl (C=O) groups excluding carboxylic acids is 2. The fourth-order valence-corrected chi connectivity index (χ4v) is 2.30. The van der Waals surface area contributed by atoms with Crippen molar-refractivity contribution >= 4 is 11.7 Å². The Labute approximate surface area is 141 Å². The minimum atomic E-state index is -0.174. The van der Waals surface area contributed by atoms with E-state index >= 15 is 0 Å². The molecule has 0 unspecified atom stereocenters. The lowest BCUT2D eigenvalue weighted by molar-refractivity contribution is -0.121. The molecule has 2 N–H and O–H groups in total. The molecule has 0 aliphatic heterocycles. The number of Topliss-reactive ketones (excluding diaryl/α,β-unsaturated/α-hetero) is 1. The van der Waals surface area contributed by atoms with Crippen LogP contribution in [0.1, 0.15) is 28.8 Å². The van der Waals surface area contributed by atoms with Crippen LogP contribution >= 0.6 is 0 Å². The summed E-state index contributed by atoms with van der Waals surface area (Å²) in [6.07, 6.45) is 0.852. The highest BCUT2D eigenvalue weighted by Crippen LogP contribution is 2.15. The molecule has 0 bridgehead atoms. The highest BCUT2D eigenvalue weighted by molar-refractivity contribution is 5.98. The van der Waals surface area contributed by atoms with Crippen molar-refractivity contribution in [3.05, 3.63) is 59.7 Å². The van der Waals surface area contributed by atoms with Crippen LogP contribution in [0.3, 0.4) is 0 Å². The second kappa shape index (κ2) is 8.72. The third kappa shape index (κ3) is 5.12. The molecule has 2 rings (SSSR count). The molecule has 24 heavy (non-hydrogen) atoms. The molecule has 5 heteroatoms. The van der Waals surface area contributed by atoms with Gasteiger partial charge < -0.3 is 15.2 Å². The molecule has 0 aliphatic rings. The third-order valence-electron chi connectivity index (χ3n) is 3.70. The summed E-state index contributed by atoms with van der Waals surface area (Å²) < 4.78 is 5.04. The Morgan fingerprint density at radius 1 is 1.04 bits per heavy atom. The summed E-state index contributed by atoms with van der Waals surface area (Å²) in [5.74, 6) is 0.663. The Morgan fingerprint density at radius 3 is 2.42 bits per heavy atom. The first kappa shape index (κ1) is 17.5. The number of ketones is 1. The van der Waals surface area contributed by atoms with Crippen LogP contribution in [-0.2, 0) is 11.2 Å². The van der Waals surface area contributed by atoms with E-state index in [-0.39, 0.29) is 30.3 Å². The first-order chi connectivity index (χ1) is 11.6. The van der Waals surface area contributed by atoms with Crippen molar-refractivity contribution in [2.75, 3.05) is 13.7 Å². The van der Waals surface area contributed by atoms with Gasteiger partial charge in [0.05, 0.1) is 7.11 Å². The molecule has 1 amide bonds. The van der Waals surface area contributed by atoms with E-state index in [1.54, 1.807) is 43.5 Å². The maximum Gasteiger partial charge on any atom is 0.220 e. The first-order valence-corrected chi connectivity index (χ1v) is 7.81. The van der Waals surface area contributed by atoms with E-state index in [2.05, 4.69) is 5.32 Å². The predicted molar refractivity (Wildman–Crippen MR) is 91.4 cm³/mol. The number of phenols is 1. The zero-order valence-electron chi connectivity index (χ0n) is 13.6. The standard InChI is InChI=1S/C19H21NO4/c1-24-16-8-6-15(7-9-16)18(22)10-11-19(23)20-13-12-14-4-2-3-5-17(14)21/h2-9,21H,10-13H2,1H3,(H,20,23). The van der Waals surface area contributed by atoms with Crippen LogP contribution in [0.4, 0.5) is 0 Å². The summed E-state index contributed by atoms with van der Waals surface area (Å²) >= 11 is 0. The van der Waals surface area contributed by atoms with Gasteiger partial charge in [-0.1, -0.05) is 18.2 Å². The lowest BCUT2D eigenvalue weighted by atomic mass is 10.1. The Bertz CT molecular complexity index is 695. The Kier molecular flexibility index (Phi) is 6.37. The van der Waals surface area contributed by atoms with Gasteiger partial charge in [-0.2, -0.15) is 0 Å². The van der Waals surface area contributed by atoms with Crippen LogP contribution in [0.2, 0.25) is 0 Å². The molecule has 126 valence electrons. The SMILES string of the molecule is COc1ccc(C(=O)CCC(=O)NCCc2ccccc2O)cc1. The first-order valence-electron chi connectivity index (χ1n) is 7.81. The smallest absolute Gasteiger partial charge is 0.220 e. The minimum Gasteiger partial charge on any atom is -0.508 e. The molecule has 0 aliphatic carbocycles. The van der Waals surface area contributed by atoms with Gasteiger partial charge in [0.1, 0.15) is 11.5 Å². The average Bonchev–Trinajstić information content (AvgIpc) is 2.61. The molecular formula is C19H21NO4. The summed E-state index contributed by atoms with van der Waals surface area (Å²) in [4.78, 5) is 23.8. The molecule has 0 atom stereocenters. The molecule has 2 aromatic rings. The van der Waals surface area contributed by atoms with Gasteiger partial charge in [-0.25, -0.2) is 0 Å². The zero-order chi connectivity index (χ0) is 17.4. The van der Waals surface area contributed by atoms with Crippen molar-refractivity contribution < 1.29 is 19.4 Å². The van der Waals surface area contributed by atoms with Gasteiger partial charge in [0.25, 0.3) is 0 Å². The molecule has 0 fully saturated rings. The number of hydrogen-bond acceptors (Lipinski definition) is 4. The number of amides is 1. The fraction of sp³-hybridized carbons (Fsp3) is 0.263. The summed E-state index contributed by atoms with van der Waals surface area (Å²) in [6, 6.07) is 13.8. The van der Waals surface area contributed by atoms with Gasteiger partial charge in [-0.3, -0.25) is 9.59 Å². The summed E-state index contributed by atoms with van der Waals surface area (Å²) in [5.41, 5.74) is 1.35. The number of carbonyl (C=O) groups is 2. The van der Waals surface area contributed by atoms with E-state index in [0.717, 1.165) is 5.56 Å².